The van der Waals surface area contributed by atoms with Crippen LogP contribution >= 0.6 is 22.9 Å². The summed E-state index contributed by atoms with van der Waals surface area (Å²) in [6.07, 6.45) is 5.81. The highest BCUT2D eigenvalue weighted by Gasteiger charge is 2.42. The number of piperidine rings is 1. The summed E-state index contributed by atoms with van der Waals surface area (Å²) in [6, 6.07) is 14.7. The number of rotatable bonds is 11. The van der Waals surface area contributed by atoms with Crippen molar-refractivity contribution in [2.45, 2.75) is 83.2 Å². The zero-order valence-corrected chi connectivity index (χ0v) is 27.4. The lowest BCUT2D eigenvalue weighted by Crippen LogP contribution is -2.47. The Hall–Kier alpha value is -2.32. The molecule has 8 heteroatoms. The van der Waals surface area contributed by atoms with Gasteiger partial charge < -0.3 is 10.0 Å². The van der Waals surface area contributed by atoms with Gasteiger partial charge in [0.1, 0.15) is 11.9 Å². The average Bonchev–Trinajstić information content (AvgIpc) is 3.58. The summed E-state index contributed by atoms with van der Waals surface area (Å²) in [7, 11) is 1.96. The van der Waals surface area contributed by atoms with Crippen molar-refractivity contribution in [2.75, 3.05) is 26.7 Å². The van der Waals surface area contributed by atoms with E-state index < -0.39 is 12.0 Å². The van der Waals surface area contributed by atoms with Crippen LogP contribution in [0.3, 0.4) is 0 Å². The van der Waals surface area contributed by atoms with Gasteiger partial charge in [0.15, 0.2) is 0 Å². The van der Waals surface area contributed by atoms with E-state index >= 15 is 0 Å². The van der Waals surface area contributed by atoms with Crippen molar-refractivity contribution in [3.63, 3.8) is 0 Å². The van der Waals surface area contributed by atoms with Crippen molar-refractivity contribution >= 4 is 28.9 Å². The van der Waals surface area contributed by atoms with Crippen molar-refractivity contribution < 1.29 is 14.3 Å². The Labute approximate surface area is 265 Å². The SMILES string of the molecule is CCc1nc(Cc2ccc(Cl)cc2)sc1C1CCN(CC2CC(N(C)[C@@H](C(=O)O)C(C)C)CC2c2cccc(F)c2)CC1. The number of halogens is 2. The summed E-state index contributed by atoms with van der Waals surface area (Å²) < 4.78 is 14.3. The monoisotopic (exact) mass is 625 g/mol. The number of carboxylic acid groups (broad SMARTS) is 1. The number of likely N-dealkylation sites (N-methyl/N-ethyl adjacent to an activating group) is 1. The smallest absolute Gasteiger partial charge is 0.321 e. The second-order valence-electron chi connectivity index (χ2n) is 12.9. The molecule has 5 nitrogen and oxygen atoms in total. The second-order valence-corrected chi connectivity index (χ2v) is 14.4. The van der Waals surface area contributed by atoms with E-state index in [1.807, 2.05) is 50.4 Å². The highest BCUT2D eigenvalue weighted by Crippen LogP contribution is 2.44. The predicted molar refractivity (Wildman–Crippen MR) is 174 cm³/mol. The molecule has 2 fully saturated rings. The zero-order chi connectivity index (χ0) is 30.7. The molecule has 1 aliphatic carbocycles. The minimum Gasteiger partial charge on any atom is -0.480 e. The summed E-state index contributed by atoms with van der Waals surface area (Å²) in [5.74, 6) is 0.146. The first-order chi connectivity index (χ1) is 20.6. The Morgan fingerprint density at radius 3 is 2.51 bits per heavy atom. The van der Waals surface area contributed by atoms with Gasteiger partial charge in [0, 0.05) is 28.9 Å². The summed E-state index contributed by atoms with van der Waals surface area (Å²) >= 11 is 7.96. The standard InChI is InChI=1S/C35H45ClFN3O2S/c1-5-31-34(43-32(38-31)17-23-9-11-27(36)12-10-23)24-13-15-40(16-14-24)21-26-19-29(39(4)33(22(2)3)35(41)42)20-30(26)25-7-6-8-28(37)18-25/h6-12,18,22,24,26,29-30,33H,5,13-17,19-21H2,1-4H3,(H,41,42)/t26?,29?,30?,33-/m1/s1. The van der Waals surface area contributed by atoms with Gasteiger partial charge in [-0.25, -0.2) is 9.37 Å². The number of hydrogen-bond acceptors (Lipinski definition) is 5. The molecule has 1 saturated heterocycles. The molecule has 43 heavy (non-hydrogen) atoms. The van der Waals surface area contributed by atoms with Crippen LogP contribution in [0.5, 0.6) is 0 Å². The number of thiazole rings is 1. The van der Waals surface area contributed by atoms with Crippen molar-refractivity contribution in [3.05, 3.63) is 86.1 Å². The fourth-order valence-corrected chi connectivity index (χ4v) is 8.97. The Morgan fingerprint density at radius 1 is 1.16 bits per heavy atom. The fourth-order valence-electron chi connectivity index (χ4n) is 7.48. The van der Waals surface area contributed by atoms with E-state index in [0.29, 0.717) is 11.8 Å². The van der Waals surface area contributed by atoms with Gasteiger partial charge in [-0.3, -0.25) is 9.69 Å². The van der Waals surface area contributed by atoms with Crippen LogP contribution in [-0.4, -0.2) is 64.6 Å². The van der Waals surface area contributed by atoms with Crippen LogP contribution in [0.1, 0.15) is 85.0 Å². The number of likely N-dealkylation sites (tertiary alicyclic amines) is 1. The van der Waals surface area contributed by atoms with Crippen LogP contribution in [0.15, 0.2) is 48.5 Å². The van der Waals surface area contributed by atoms with E-state index in [1.54, 1.807) is 12.1 Å². The van der Waals surface area contributed by atoms with Gasteiger partial charge >= 0.3 is 5.97 Å². The molecule has 2 heterocycles. The Morgan fingerprint density at radius 2 is 1.88 bits per heavy atom. The lowest BCUT2D eigenvalue weighted by atomic mass is 9.87. The maximum absolute atomic E-state index is 14.3. The zero-order valence-electron chi connectivity index (χ0n) is 25.8. The van der Waals surface area contributed by atoms with E-state index in [0.717, 1.165) is 68.7 Å². The number of aliphatic carboxylic acids is 1. The molecule has 5 rings (SSSR count). The lowest BCUT2D eigenvalue weighted by molar-refractivity contribution is -0.145. The molecule has 3 aromatic rings. The minimum atomic E-state index is -0.767. The third-order valence-corrected chi connectivity index (χ3v) is 11.2. The van der Waals surface area contributed by atoms with Crippen molar-refractivity contribution in [1.29, 1.82) is 0 Å². The fraction of sp³-hybridized carbons (Fsp3) is 0.543. The number of nitrogens with zero attached hydrogens (tertiary/aromatic N) is 3. The van der Waals surface area contributed by atoms with Gasteiger partial charge in [0.25, 0.3) is 0 Å². The van der Waals surface area contributed by atoms with E-state index in [2.05, 4.69) is 28.9 Å². The first kappa shape index (κ1) is 32.1. The molecule has 1 N–H and O–H groups in total. The maximum atomic E-state index is 14.3. The summed E-state index contributed by atoms with van der Waals surface area (Å²) in [5.41, 5.74) is 3.52. The van der Waals surface area contributed by atoms with E-state index in [9.17, 15) is 14.3 Å². The summed E-state index contributed by atoms with van der Waals surface area (Å²) in [4.78, 5) is 23.3. The third-order valence-electron chi connectivity index (χ3n) is 9.67. The van der Waals surface area contributed by atoms with Gasteiger partial charge in [0.2, 0.25) is 0 Å². The maximum Gasteiger partial charge on any atom is 0.321 e. The van der Waals surface area contributed by atoms with Crippen LogP contribution in [0.4, 0.5) is 4.39 Å². The van der Waals surface area contributed by atoms with E-state index in [4.69, 9.17) is 16.6 Å². The first-order valence-corrected chi connectivity index (χ1v) is 17.0. The first-order valence-electron chi connectivity index (χ1n) is 15.8. The molecule has 3 unspecified atom stereocenters. The number of benzene rings is 2. The van der Waals surface area contributed by atoms with Gasteiger partial charge in [-0.15, -0.1) is 11.3 Å². The van der Waals surface area contributed by atoms with Gasteiger partial charge in [-0.05, 0) is 111 Å². The van der Waals surface area contributed by atoms with Crippen LogP contribution < -0.4 is 0 Å². The Balaban J connectivity index is 1.26. The van der Waals surface area contributed by atoms with Crippen molar-refractivity contribution in [2.24, 2.45) is 11.8 Å². The molecule has 1 aliphatic heterocycles. The van der Waals surface area contributed by atoms with Crippen LogP contribution in [0.2, 0.25) is 5.02 Å². The van der Waals surface area contributed by atoms with Gasteiger partial charge in [0.05, 0.1) is 10.7 Å². The van der Waals surface area contributed by atoms with E-state index in [-0.39, 0.29) is 23.7 Å². The minimum absolute atomic E-state index is 0.0136. The Bertz CT molecular complexity index is 1370. The molecule has 232 valence electrons. The summed E-state index contributed by atoms with van der Waals surface area (Å²) in [6.45, 7) is 9.19. The molecular formula is C35H45ClFN3O2S. The molecule has 0 bridgehead atoms. The van der Waals surface area contributed by atoms with E-state index in [1.165, 1.54) is 27.2 Å². The topological polar surface area (TPSA) is 56.7 Å². The molecule has 0 amide bonds. The van der Waals surface area contributed by atoms with Crippen molar-refractivity contribution in [3.8, 4) is 0 Å². The van der Waals surface area contributed by atoms with Crippen LogP contribution in [0, 0.1) is 17.7 Å². The largest absolute Gasteiger partial charge is 0.480 e. The van der Waals surface area contributed by atoms with Crippen LogP contribution in [0.25, 0.3) is 0 Å². The second kappa shape index (κ2) is 14.2. The number of carboxylic acids is 1. The highest BCUT2D eigenvalue weighted by atomic mass is 35.5. The summed E-state index contributed by atoms with van der Waals surface area (Å²) in [5, 5.41) is 11.9. The third kappa shape index (κ3) is 7.67. The Kier molecular flexibility index (Phi) is 10.6. The lowest BCUT2D eigenvalue weighted by Gasteiger charge is -2.35. The molecule has 4 atom stereocenters. The normalized spacial score (nSPS) is 22.5. The molecule has 1 saturated carbocycles. The average molecular weight is 626 g/mol. The van der Waals surface area contributed by atoms with Gasteiger partial charge in [-0.2, -0.15) is 0 Å². The molecule has 1 aromatic heterocycles. The van der Waals surface area contributed by atoms with Crippen molar-refractivity contribution in [1.82, 2.24) is 14.8 Å². The molecule has 2 aliphatic rings. The van der Waals surface area contributed by atoms with Gasteiger partial charge in [-0.1, -0.05) is 56.6 Å². The van der Waals surface area contributed by atoms with Crippen LogP contribution in [-0.2, 0) is 17.6 Å². The predicted octanol–water partition coefficient (Wildman–Crippen LogP) is 7.87. The number of carbonyl (C=O) groups is 1. The molecule has 2 aromatic carbocycles. The number of aryl methyl sites for hydroxylation is 1. The number of aromatic nitrogens is 1. The quantitative estimate of drug-likeness (QED) is 0.235. The number of hydrogen-bond donors (Lipinski definition) is 1. The molecular weight excluding hydrogens is 581 g/mol. The molecule has 0 radical (unpaired) electrons. The molecule has 0 spiro atoms. The highest BCUT2D eigenvalue weighted by molar-refractivity contribution is 7.11.